The lowest BCUT2D eigenvalue weighted by Gasteiger charge is -2.14. The van der Waals surface area contributed by atoms with Gasteiger partial charge in [-0.2, -0.15) is 0 Å². The Labute approximate surface area is 85.9 Å². The summed E-state index contributed by atoms with van der Waals surface area (Å²) in [6.45, 7) is 4.45. The zero-order chi connectivity index (χ0) is 10.2. The molecule has 4 nitrogen and oxygen atoms in total. The summed E-state index contributed by atoms with van der Waals surface area (Å²) in [4.78, 5) is 4.11. The Morgan fingerprint density at radius 1 is 1.71 bits per heavy atom. The molecule has 1 heterocycles. The van der Waals surface area contributed by atoms with Gasteiger partial charge in [0.1, 0.15) is 0 Å². The number of nitrogens with two attached hydrogens (primary N) is 1. The molecule has 1 aliphatic heterocycles. The molecule has 0 aliphatic carbocycles. The molecule has 1 rings (SSSR count). The first-order valence-electron chi connectivity index (χ1n) is 5.42. The maximum Gasteiger partial charge on any atom is 0.0827 e. The third-order valence-electron chi connectivity index (χ3n) is 2.50. The molecule has 4 heteroatoms. The standard InChI is InChI=1S/C10H21N3O/c1-2-10(6-11)14-5-3-4-9-7-12-8-13-9/h8-10H,2-7,11H2,1H3,(H,12,13). The third-order valence-corrected chi connectivity index (χ3v) is 2.50. The van der Waals surface area contributed by atoms with E-state index in [1.807, 2.05) is 0 Å². The van der Waals surface area contributed by atoms with Crippen molar-refractivity contribution in [2.45, 2.75) is 38.3 Å². The van der Waals surface area contributed by atoms with E-state index in [2.05, 4.69) is 17.2 Å². The minimum Gasteiger partial charge on any atom is -0.377 e. The summed E-state index contributed by atoms with van der Waals surface area (Å²) in [5.74, 6) is 0. The highest BCUT2D eigenvalue weighted by Crippen LogP contribution is 2.03. The van der Waals surface area contributed by atoms with E-state index in [1.165, 1.54) is 0 Å². The molecular weight excluding hydrogens is 178 g/mol. The summed E-state index contributed by atoms with van der Waals surface area (Å²) in [7, 11) is 0. The normalized spacial score (nSPS) is 22.3. The van der Waals surface area contributed by atoms with Crippen LogP contribution in [0.5, 0.6) is 0 Å². The van der Waals surface area contributed by atoms with E-state index in [-0.39, 0.29) is 6.10 Å². The Morgan fingerprint density at radius 3 is 3.14 bits per heavy atom. The predicted molar refractivity (Wildman–Crippen MR) is 58.6 cm³/mol. The molecule has 0 amide bonds. The van der Waals surface area contributed by atoms with E-state index in [0.717, 1.165) is 32.4 Å². The topological polar surface area (TPSA) is 59.6 Å². The van der Waals surface area contributed by atoms with Gasteiger partial charge >= 0.3 is 0 Å². The summed E-state index contributed by atoms with van der Waals surface area (Å²) in [6.07, 6.45) is 5.24. The van der Waals surface area contributed by atoms with Crippen molar-refractivity contribution in [1.29, 1.82) is 0 Å². The van der Waals surface area contributed by atoms with Gasteiger partial charge in [-0.15, -0.1) is 0 Å². The van der Waals surface area contributed by atoms with E-state index in [0.29, 0.717) is 12.6 Å². The Hall–Kier alpha value is -0.610. The molecule has 14 heavy (non-hydrogen) atoms. The Bertz CT molecular complexity index is 157. The Kier molecular flexibility index (Phi) is 5.56. The number of nitrogens with one attached hydrogen (secondary N) is 1. The summed E-state index contributed by atoms with van der Waals surface area (Å²) in [6, 6.07) is 0.525. The number of hydrogen-bond donors (Lipinski definition) is 2. The van der Waals surface area contributed by atoms with Crippen LogP contribution in [0.2, 0.25) is 0 Å². The van der Waals surface area contributed by atoms with Gasteiger partial charge < -0.3 is 15.8 Å². The Balaban J connectivity index is 1.93. The highest BCUT2D eigenvalue weighted by Gasteiger charge is 2.09. The van der Waals surface area contributed by atoms with Crippen LogP contribution in [0.4, 0.5) is 0 Å². The van der Waals surface area contributed by atoms with Gasteiger partial charge in [0, 0.05) is 19.2 Å². The zero-order valence-corrected chi connectivity index (χ0v) is 8.91. The summed E-state index contributed by atoms with van der Waals surface area (Å²) < 4.78 is 5.61. The first kappa shape index (κ1) is 11.5. The lowest BCUT2D eigenvalue weighted by atomic mass is 10.2. The maximum absolute atomic E-state index is 5.61. The second-order valence-electron chi connectivity index (χ2n) is 3.64. The molecule has 0 saturated carbocycles. The first-order chi connectivity index (χ1) is 6.86. The lowest BCUT2D eigenvalue weighted by molar-refractivity contribution is 0.0534. The van der Waals surface area contributed by atoms with Gasteiger partial charge in [-0.3, -0.25) is 4.99 Å². The molecule has 0 spiro atoms. The van der Waals surface area contributed by atoms with Crippen molar-refractivity contribution in [3.63, 3.8) is 0 Å². The van der Waals surface area contributed by atoms with Crippen molar-refractivity contribution in [3.8, 4) is 0 Å². The molecular formula is C10H21N3O. The smallest absolute Gasteiger partial charge is 0.0827 e. The fourth-order valence-electron chi connectivity index (χ4n) is 1.50. The average Bonchev–Trinajstić information content (AvgIpc) is 2.71. The molecule has 0 aromatic carbocycles. The highest BCUT2D eigenvalue weighted by atomic mass is 16.5. The summed E-state index contributed by atoms with van der Waals surface area (Å²) in [5.41, 5.74) is 5.53. The van der Waals surface area contributed by atoms with Gasteiger partial charge in [0.05, 0.1) is 19.0 Å². The van der Waals surface area contributed by atoms with Crippen molar-refractivity contribution < 1.29 is 4.74 Å². The van der Waals surface area contributed by atoms with Crippen LogP contribution in [0.15, 0.2) is 4.99 Å². The van der Waals surface area contributed by atoms with E-state index in [4.69, 9.17) is 10.5 Å². The van der Waals surface area contributed by atoms with Gasteiger partial charge in [0.2, 0.25) is 0 Å². The van der Waals surface area contributed by atoms with Gasteiger partial charge in [-0.1, -0.05) is 6.92 Å². The molecule has 0 saturated heterocycles. The number of hydrogen-bond acceptors (Lipinski definition) is 4. The van der Waals surface area contributed by atoms with Gasteiger partial charge in [-0.05, 0) is 19.3 Å². The molecule has 2 atom stereocenters. The molecule has 2 unspecified atom stereocenters. The fraction of sp³-hybridized carbons (Fsp3) is 0.900. The monoisotopic (exact) mass is 199 g/mol. The predicted octanol–water partition coefficient (Wildman–Crippen LogP) is 0.521. The number of ether oxygens (including phenoxy) is 1. The van der Waals surface area contributed by atoms with E-state index >= 15 is 0 Å². The minimum atomic E-state index is 0.239. The summed E-state index contributed by atoms with van der Waals surface area (Å²) >= 11 is 0. The van der Waals surface area contributed by atoms with Crippen molar-refractivity contribution in [1.82, 2.24) is 5.32 Å². The molecule has 0 bridgehead atoms. The molecule has 0 aromatic heterocycles. The van der Waals surface area contributed by atoms with Gasteiger partial charge in [0.15, 0.2) is 0 Å². The number of nitrogens with zero attached hydrogens (tertiary/aromatic N) is 1. The molecule has 0 fully saturated rings. The second-order valence-corrected chi connectivity index (χ2v) is 3.64. The highest BCUT2D eigenvalue weighted by molar-refractivity contribution is 5.57. The Morgan fingerprint density at radius 2 is 2.57 bits per heavy atom. The van der Waals surface area contributed by atoms with Crippen LogP contribution < -0.4 is 11.1 Å². The zero-order valence-electron chi connectivity index (χ0n) is 8.91. The maximum atomic E-state index is 5.61. The van der Waals surface area contributed by atoms with Gasteiger partial charge in [0.25, 0.3) is 0 Å². The SMILES string of the molecule is CCC(CN)OCCCC1CN=CN1. The minimum absolute atomic E-state index is 0.239. The van der Waals surface area contributed by atoms with Crippen molar-refractivity contribution in [3.05, 3.63) is 0 Å². The van der Waals surface area contributed by atoms with E-state index < -0.39 is 0 Å². The van der Waals surface area contributed by atoms with Crippen LogP contribution in [0, 0.1) is 0 Å². The quantitative estimate of drug-likeness (QED) is 0.588. The van der Waals surface area contributed by atoms with Crippen LogP contribution in [-0.2, 0) is 4.74 Å². The van der Waals surface area contributed by atoms with Crippen LogP contribution in [-0.4, -0.2) is 38.2 Å². The van der Waals surface area contributed by atoms with Crippen molar-refractivity contribution in [2.24, 2.45) is 10.7 Å². The van der Waals surface area contributed by atoms with Crippen LogP contribution in [0.3, 0.4) is 0 Å². The first-order valence-corrected chi connectivity index (χ1v) is 5.42. The second kappa shape index (κ2) is 6.79. The molecule has 0 aromatic rings. The molecule has 0 radical (unpaired) electrons. The van der Waals surface area contributed by atoms with Crippen molar-refractivity contribution in [2.75, 3.05) is 19.7 Å². The fourth-order valence-corrected chi connectivity index (χ4v) is 1.50. The van der Waals surface area contributed by atoms with Crippen LogP contribution in [0.1, 0.15) is 26.2 Å². The van der Waals surface area contributed by atoms with Crippen molar-refractivity contribution >= 4 is 6.34 Å². The van der Waals surface area contributed by atoms with E-state index in [1.54, 1.807) is 6.34 Å². The molecule has 82 valence electrons. The number of rotatable bonds is 7. The summed E-state index contributed by atoms with van der Waals surface area (Å²) in [5, 5.41) is 3.20. The lowest BCUT2D eigenvalue weighted by Crippen LogP contribution is -2.26. The number of aliphatic imine (C=N–C) groups is 1. The molecule has 1 aliphatic rings. The van der Waals surface area contributed by atoms with Gasteiger partial charge in [-0.25, -0.2) is 0 Å². The van der Waals surface area contributed by atoms with Crippen LogP contribution in [0.25, 0.3) is 0 Å². The molecule has 3 N–H and O–H groups in total. The van der Waals surface area contributed by atoms with E-state index in [9.17, 15) is 0 Å². The van der Waals surface area contributed by atoms with Crippen LogP contribution >= 0.6 is 0 Å². The third kappa shape index (κ3) is 4.07. The average molecular weight is 199 g/mol. The largest absolute Gasteiger partial charge is 0.377 e.